The SMILES string of the molecule is C[C@H](Cn1cnc2c(N)ncnc21)OCP(=O)([O-])OCCCSCCCCCCCCCCC#Cc1ccccc1.[NH4+]. The molecule has 0 bridgehead atoms. The number of nitrogens with two attached hydrogens (primary N) is 1. The molecule has 10 nitrogen and oxygen atoms in total. The van der Waals surface area contributed by atoms with Crippen molar-refractivity contribution in [2.75, 3.05) is 30.2 Å². The summed E-state index contributed by atoms with van der Waals surface area (Å²) in [6.07, 6.45) is 13.9. The summed E-state index contributed by atoms with van der Waals surface area (Å²) in [5, 5.41) is 0. The summed E-state index contributed by atoms with van der Waals surface area (Å²) in [6, 6.07) is 10.2. The monoisotopic (exact) mass is 618 g/mol. The molecule has 2 atom stereocenters. The maximum Gasteiger partial charge on any atom is 0.165 e. The molecule has 0 saturated heterocycles. The van der Waals surface area contributed by atoms with Gasteiger partial charge in [0, 0.05) is 12.0 Å². The maximum atomic E-state index is 12.2. The van der Waals surface area contributed by atoms with E-state index in [1.54, 1.807) is 17.8 Å². The average molecular weight is 619 g/mol. The third kappa shape index (κ3) is 14.1. The lowest BCUT2D eigenvalue weighted by molar-refractivity contribution is -0.205. The number of thioether (sulfide) groups is 1. The van der Waals surface area contributed by atoms with Crippen LogP contribution in [0.4, 0.5) is 5.82 Å². The number of anilines is 1. The highest BCUT2D eigenvalue weighted by atomic mass is 32.2. The van der Waals surface area contributed by atoms with E-state index in [9.17, 15) is 9.46 Å². The minimum atomic E-state index is -4.05. The molecular weight excluding hydrogens is 571 g/mol. The van der Waals surface area contributed by atoms with Crippen molar-refractivity contribution in [3.63, 3.8) is 0 Å². The van der Waals surface area contributed by atoms with Crippen molar-refractivity contribution in [2.24, 2.45) is 0 Å². The fraction of sp³-hybridized carbons (Fsp3) is 0.567. The molecule has 232 valence electrons. The summed E-state index contributed by atoms with van der Waals surface area (Å²) in [7, 11) is -4.05. The molecule has 0 saturated carbocycles. The topological polar surface area (TPSA) is 165 Å². The zero-order valence-electron chi connectivity index (χ0n) is 25.1. The first kappa shape index (κ1) is 35.7. The highest BCUT2D eigenvalue weighted by Gasteiger charge is 2.14. The van der Waals surface area contributed by atoms with Gasteiger partial charge in [0.15, 0.2) is 19.1 Å². The van der Waals surface area contributed by atoms with Gasteiger partial charge < -0.3 is 35.2 Å². The lowest BCUT2D eigenvalue weighted by Gasteiger charge is -2.25. The number of aromatic nitrogens is 4. The number of imidazole rings is 1. The van der Waals surface area contributed by atoms with E-state index in [0.717, 1.165) is 23.5 Å². The molecule has 2 aromatic heterocycles. The van der Waals surface area contributed by atoms with Crippen molar-refractivity contribution >= 4 is 36.3 Å². The Labute approximate surface area is 254 Å². The minimum absolute atomic E-state index is 0. The Kier molecular flexibility index (Phi) is 17.4. The van der Waals surface area contributed by atoms with Gasteiger partial charge in [-0.3, -0.25) is 0 Å². The van der Waals surface area contributed by atoms with Crippen LogP contribution < -0.4 is 16.8 Å². The molecule has 3 rings (SSSR count). The predicted molar refractivity (Wildman–Crippen MR) is 172 cm³/mol. The van der Waals surface area contributed by atoms with Crippen LogP contribution >= 0.6 is 19.4 Å². The van der Waals surface area contributed by atoms with Gasteiger partial charge in [0.25, 0.3) is 0 Å². The summed E-state index contributed by atoms with van der Waals surface area (Å²) in [6.45, 7) is 2.36. The molecule has 1 unspecified atom stereocenters. The second-order valence-electron chi connectivity index (χ2n) is 10.1. The maximum absolute atomic E-state index is 12.2. The summed E-state index contributed by atoms with van der Waals surface area (Å²) < 4.78 is 24.6. The Morgan fingerprint density at radius 2 is 1.69 bits per heavy atom. The lowest BCUT2D eigenvalue weighted by atomic mass is 10.1. The van der Waals surface area contributed by atoms with E-state index in [0.29, 0.717) is 29.9 Å². The molecule has 2 heterocycles. The van der Waals surface area contributed by atoms with Crippen molar-refractivity contribution in [3.05, 3.63) is 48.5 Å². The molecule has 3 aromatic rings. The number of hydrogen-bond donors (Lipinski definition) is 2. The second-order valence-corrected chi connectivity index (χ2v) is 13.1. The van der Waals surface area contributed by atoms with Crippen LogP contribution in [0.15, 0.2) is 43.0 Å². The lowest BCUT2D eigenvalue weighted by Crippen LogP contribution is -2.20. The molecule has 0 amide bonds. The van der Waals surface area contributed by atoms with Gasteiger partial charge in [-0.25, -0.2) is 15.0 Å². The number of unbranched alkanes of at least 4 members (excludes halogenated alkanes) is 8. The van der Waals surface area contributed by atoms with E-state index in [-0.39, 0.29) is 18.9 Å². The average Bonchev–Trinajstić information content (AvgIpc) is 3.38. The largest absolute Gasteiger partial charge is 0.777 e. The highest BCUT2D eigenvalue weighted by molar-refractivity contribution is 7.99. The van der Waals surface area contributed by atoms with Gasteiger partial charge in [-0.15, -0.1) is 0 Å². The summed E-state index contributed by atoms with van der Waals surface area (Å²) in [5.74, 6) is 8.79. The number of ether oxygens (including phenoxy) is 1. The standard InChI is InChI=1S/C30H44N5O4PS.H3N/c1-26(22-35-24-34-28-29(31)32-23-33-30(28)35)38-25-40(36,37)39-19-15-21-41-20-14-9-7-5-3-2-4-6-8-11-16-27-17-12-10-13-18-27;/h10,12-13,17-18,23-24,26H,2-9,14-15,19-22,25H2,1H3,(H,36,37)(H2,31,32,33);1H3/t26-;/m1./s1. The molecule has 0 aliphatic carbocycles. The van der Waals surface area contributed by atoms with Crippen LogP contribution in [0.1, 0.15) is 76.7 Å². The molecule has 0 spiro atoms. The summed E-state index contributed by atoms with van der Waals surface area (Å²) in [5.41, 5.74) is 8.00. The fourth-order valence-corrected chi connectivity index (χ4v) is 6.10. The molecule has 42 heavy (non-hydrogen) atoms. The van der Waals surface area contributed by atoms with Crippen LogP contribution in [-0.2, 0) is 20.4 Å². The van der Waals surface area contributed by atoms with Crippen molar-refractivity contribution in [1.29, 1.82) is 0 Å². The van der Waals surface area contributed by atoms with Gasteiger partial charge in [-0.1, -0.05) is 68.6 Å². The Bertz CT molecular complexity index is 1270. The number of quaternary nitrogens is 1. The van der Waals surface area contributed by atoms with E-state index >= 15 is 0 Å². The number of hydrogen-bond acceptors (Lipinski definition) is 9. The van der Waals surface area contributed by atoms with Gasteiger partial charge in [0.1, 0.15) is 18.2 Å². The quantitative estimate of drug-likeness (QED) is 0.0827. The molecular formula is C30H47N6O4PS. The van der Waals surface area contributed by atoms with Crippen molar-refractivity contribution < 1.29 is 18.7 Å². The fourth-order valence-electron chi connectivity index (χ4n) is 4.25. The smallest absolute Gasteiger partial charge is 0.165 e. The van der Waals surface area contributed by atoms with E-state index in [2.05, 4.69) is 38.9 Å². The van der Waals surface area contributed by atoms with Crippen LogP contribution in [0.5, 0.6) is 0 Å². The van der Waals surface area contributed by atoms with Crippen LogP contribution in [0.2, 0.25) is 0 Å². The normalized spacial score (nSPS) is 13.2. The first-order chi connectivity index (χ1) is 19.9. The Balaban J connectivity index is 0.00000616. The van der Waals surface area contributed by atoms with E-state index < -0.39 is 13.9 Å². The van der Waals surface area contributed by atoms with Gasteiger partial charge in [0.2, 0.25) is 0 Å². The molecule has 6 N–H and O–H groups in total. The molecule has 12 heteroatoms. The summed E-state index contributed by atoms with van der Waals surface area (Å²) in [4.78, 5) is 24.5. The van der Waals surface area contributed by atoms with Gasteiger partial charge in [-0.05, 0) is 49.8 Å². The van der Waals surface area contributed by atoms with Crippen LogP contribution in [0, 0.1) is 11.8 Å². The van der Waals surface area contributed by atoms with Crippen molar-refractivity contribution in [1.82, 2.24) is 25.7 Å². The molecule has 1 aromatic carbocycles. The minimum Gasteiger partial charge on any atom is -0.777 e. The third-order valence-corrected chi connectivity index (χ3v) is 8.66. The van der Waals surface area contributed by atoms with E-state index in [1.807, 2.05) is 30.0 Å². The molecule has 0 radical (unpaired) electrons. The van der Waals surface area contributed by atoms with Crippen LogP contribution in [-0.4, -0.2) is 50.1 Å². The van der Waals surface area contributed by atoms with Gasteiger partial charge in [0.05, 0.1) is 25.6 Å². The molecule has 0 aliphatic rings. The van der Waals surface area contributed by atoms with Gasteiger partial charge in [-0.2, -0.15) is 11.8 Å². The predicted octanol–water partition coefficient (Wildman–Crippen LogP) is 6.40. The first-order valence-electron chi connectivity index (χ1n) is 14.5. The van der Waals surface area contributed by atoms with E-state index in [4.69, 9.17) is 15.0 Å². The van der Waals surface area contributed by atoms with Crippen LogP contribution in [0.3, 0.4) is 0 Å². The Morgan fingerprint density at radius 3 is 2.45 bits per heavy atom. The zero-order chi connectivity index (χ0) is 29.2. The number of benzene rings is 1. The number of nitrogen functional groups attached to an aromatic ring is 1. The highest BCUT2D eigenvalue weighted by Crippen LogP contribution is 2.37. The molecule has 0 aliphatic heterocycles. The third-order valence-electron chi connectivity index (χ3n) is 6.47. The molecule has 0 fully saturated rings. The van der Waals surface area contributed by atoms with Gasteiger partial charge >= 0.3 is 0 Å². The zero-order valence-corrected chi connectivity index (χ0v) is 26.8. The Morgan fingerprint density at radius 1 is 1.00 bits per heavy atom. The summed E-state index contributed by atoms with van der Waals surface area (Å²) >= 11 is 1.86. The van der Waals surface area contributed by atoms with Crippen LogP contribution in [0.25, 0.3) is 11.2 Å². The van der Waals surface area contributed by atoms with Crippen molar-refractivity contribution in [2.45, 2.75) is 83.8 Å². The number of nitrogens with zero attached hydrogens (tertiary/aromatic N) is 4. The van der Waals surface area contributed by atoms with Crippen molar-refractivity contribution in [3.8, 4) is 11.8 Å². The number of fused-ring (bicyclic) bond motifs is 1. The second kappa shape index (κ2) is 20.5. The van der Waals surface area contributed by atoms with E-state index in [1.165, 1.54) is 57.7 Å². The first-order valence-corrected chi connectivity index (χ1v) is 17.4. The Hall–Kier alpha value is -2.45. The number of rotatable bonds is 20.